The SMILES string of the molecule is C[n+]1nc2ccccc2c2ccccc21.[V]. The van der Waals surface area contributed by atoms with E-state index in [4.69, 9.17) is 0 Å². The van der Waals surface area contributed by atoms with Gasteiger partial charge in [0.2, 0.25) is 5.52 Å². The van der Waals surface area contributed by atoms with Gasteiger partial charge >= 0.3 is 0 Å². The van der Waals surface area contributed by atoms with Crippen molar-refractivity contribution in [2.75, 3.05) is 0 Å². The minimum Gasteiger partial charge on any atom is -0.0859 e. The first-order chi connectivity index (χ1) is 7.36. The summed E-state index contributed by atoms with van der Waals surface area (Å²) < 4.78 is 1.93. The number of aryl methyl sites for hydroxylation is 1. The molecule has 1 aromatic heterocycles. The van der Waals surface area contributed by atoms with Crippen LogP contribution in [0.25, 0.3) is 21.8 Å². The van der Waals surface area contributed by atoms with Crippen LogP contribution in [-0.2, 0) is 25.6 Å². The van der Waals surface area contributed by atoms with Gasteiger partial charge in [0.25, 0.3) is 0 Å². The molecule has 0 N–H and O–H groups in total. The van der Waals surface area contributed by atoms with Gasteiger partial charge in [0.05, 0.1) is 5.39 Å². The molecule has 0 aliphatic rings. The molecule has 0 fully saturated rings. The van der Waals surface area contributed by atoms with Crippen LogP contribution in [0.5, 0.6) is 0 Å². The van der Waals surface area contributed by atoms with Crippen molar-refractivity contribution in [3.8, 4) is 0 Å². The molecular weight excluding hydrogens is 235 g/mol. The van der Waals surface area contributed by atoms with E-state index in [1.807, 2.05) is 29.9 Å². The van der Waals surface area contributed by atoms with Crippen LogP contribution >= 0.6 is 0 Å². The predicted octanol–water partition coefficient (Wildman–Crippen LogP) is 2.21. The molecule has 0 aliphatic carbocycles. The van der Waals surface area contributed by atoms with E-state index in [2.05, 4.69) is 35.4 Å². The van der Waals surface area contributed by atoms with Crippen LogP contribution in [0.1, 0.15) is 0 Å². The second-order valence-corrected chi connectivity index (χ2v) is 3.66. The van der Waals surface area contributed by atoms with Gasteiger partial charge in [0.15, 0.2) is 7.05 Å². The normalized spacial score (nSPS) is 10.3. The third-order valence-corrected chi connectivity index (χ3v) is 2.70. The quantitative estimate of drug-likeness (QED) is 0.439. The zero-order valence-corrected chi connectivity index (χ0v) is 10.4. The Kier molecular flexibility index (Phi) is 2.95. The summed E-state index contributed by atoms with van der Waals surface area (Å²) in [7, 11) is 1.98. The van der Waals surface area contributed by atoms with Gasteiger partial charge in [0.1, 0.15) is 5.52 Å². The van der Waals surface area contributed by atoms with Gasteiger partial charge in [-0.15, -0.1) is 0 Å². The minimum absolute atomic E-state index is 0. The van der Waals surface area contributed by atoms with E-state index in [0.29, 0.717) is 0 Å². The molecule has 0 atom stereocenters. The maximum Gasteiger partial charge on any atom is 0.239 e. The number of hydrogen-bond donors (Lipinski definition) is 0. The molecule has 1 radical (unpaired) electrons. The van der Waals surface area contributed by atoms with E-state index in [9.17, 15) is 0 Å². The van der Waals surface area contributed by atoms with Gasteiger partial charge < -0.3 is 0 Å². The first kappa shape index (κ1) is 11.1. The summed E-state index contributed by atoms with van der Waals surface area (Å²) in [6.07, 6.45) is 0. The Morgan fingerprint density at radius 3 is 2.31 bits per heavy atom. The average Bonchev–Trinajstić information content (AvgIpc) is 2.30. The number of aromatic nitrogens is 2. The Balaban J connectivity index is 0.000000963. The molecule has 3 rings (SSSR count). The number of fused-ring (bicyclic) bond motifs is 3. The largest absolute Gasteiger partial charge is 0.239 e. The molecule has 0 aliphatic heterocycles. The summed E-state index contributed by atoms with van der Waals surface area (Å²) in [5.74, 6) is 0. The van der Waals surface area contributed by atoms with Gasteiger partial charge in [-0.3, -0.25) is 0 Å². The molecule has 0 unspecified atom stereocenters. The first-order valence-electron chi connectivity index (χ1n) is 5.00. The molecule has 0 spiro atoms. The Bertz CT molecular complexity index is 650. The maximum atomic E-state index is 4.52. The topological polar surface area (TPSA) is 16.8 Å². The van der Waals surface area contributed by atoms with Gasteiger partial charge in [-0.25, -0.2) is 0 Å². The molecule has 0 saturated carbocycles. The van der Waals surface area contributed by atoms with Crippen molar-refractivity contribution in [2.45, 2.75) is 0 Å². The van der Waals surface area contributed by atoms with Crippen LogP contribution in [0, 0.1) is 0 Å². The molecule has 0 bridgehead atoms. The van der Waals surface area contributed by atoms with Crippen LogP contribution in [0.4, 0.5) is 0 Å². The van der Waals surface area contributed by atoms with E-state index in [1.165, 1.54) is 10.8 Å². The van der Waals surface area contributed by atoms with Gasteiger partial charge in [-0.05, 0) is 12.1 Å². The molecule has 2 nitrogen and oxygen atoms in total. The second-order valence-electron chi connectivity index (χ2n) is 3.66. The molecule has 1 heterocycles. The van der Waals surface area contributed by atoms with Crippen LogP contribution in [0.3, 0.4) is 0 Å². The summed E-state index contributed by atoms with van der Waals surface area (Å²) >= 11 is 0. The molecule has 3 aromatic rings. The number of benzene rings is 2. The van der Waals surface area contributed by atoms with Gasteiger partial charge in [0, 0.05) is 35.1 Å². The zero-order valence-electron chi connectivity index (χ0n) is 8.96. The summed E-state index contributed by atoms with van der Waals surface area (Å²) in [5, 5.41) is 6.99. The van der Waals surface area contributed by atoms with Crippen molar-refractivity contribution in [1.29, 1.82) is 0 Å². The molecule has 16 heavy (non-hydrogen) atoms. The van der Waals surface area contributed by atoms with Crippen LogP contribution in [0.2, 0.25) is 0 Å². The number of nitrogens with zero attached hydrogens (tertiary/aromatic N) is 2. The number of para-hydroxylation sites is 1. The Morgan fingerprint density at radius 2 is 1.50 bits per heavy atom. The van der Waals surface area contributed by atoms with Crippen molar-refractivity contribution in [3.63, 3.8) is 0 Å². The summed E-state index contributed by atoms with van der Waals surface area (Å²) in [5.41, 5.74) is 2.20. The van der Waals surface area contributed by atoms with Gasteiger partial charge in [-0.1, -0.05) is 35.0 Å². The third kappa shape index (κ3) is 1.60. The molecular formula is C13H11N2V+. The Morgan fingerprint density at radius 1 is 0.875 bits per heavy atom. The second kappa shape index (κ2) is 4.24. The van der Waals surface area contributed by atoms with E-state index >= 15 is 0 Å². The van der Waals surface area contributed by atoms with E-state index in [0.717, 1.165) is 11.0 Å². The monoisotopic (exact) mass is 246 g/mol. The van der Waals surface area contributed by atoms with Crippen molar-refractivity contribution >= 4 is 21.8 Å². The fourth-order valence-electron chi connectivity index (χ4n) is 1.99. The Labute approximate surface area is 106 Å². The number of hydrogen-bond acceptors (Lipinski definition) is 1. The molecule has 0 amide bonds. The first-order valence-corrected chi connectivity index (χ1v) is 5.00. The zero-order chi connectivity index (χ0) is 10.3. The minimum atomic E-state index is 0. The van der Waals surface area contributed by atoms with E-state index < -0.39 is 0 Å². The third-order valence-electron chi connectivity index (χ3n) is 2.70. The average molecular weight is 246 g/mol. The van der Waals surface area contributed by atoms with Gasteiger partial charge in [-0.2, -0.15) is 0 Å². The van der Waals surface area contributed by atoms with Crippen LogP contribution in [-0.4, -0.2) is 5.10 Å². The number of rotatable bonds is 0. The molecule has 77 valence electrons. The van der Waals surface area contributed by atoms with Crippen molar-refractivity contribution < 1.29 is 23.2 Å². The molecule has 0 saturated heterocycles. The fraction of sp³-hybridized carbons (Fsp3) is 0.0769. The summed E-state index contributed by atoms with van der Waals surface area (Å²) in [6, 6.07) is 16.6. The van der Waals surface area contributed by atoms with E-state index in [1.54, 1.807) is 0 Å². The van der Waals surface area contributed by atoms with Crippen LogP contribution < -0.4 is 4.68 Å². The fourth-order valence-corrected chi connectivity index (χ4v) is 1.99. The van der Waals surface area contributed by atoms with Crippen molar-refractivity contribution in [1.82, 2.24) is 5.10 Å². The molecule has 3 heteroatoms. The standard InChI is InChI=1S/C13H11N2.V/c1-15-13-9-5-3-7-11(13)10-6-2-4-8-12(10)14-15;/h2-9H,1H3;/q+1;. The van der Waals surface area contributed by atoms with E-state index in [-0.39, 0.29) is 18.6 Å². The van der Waals surface area contributed by atoms with Crippen molar-refractivity contribution in [2.24, 2.45) is 7.05 Å². The predicted molar refractivity (Wildman–Crippen MR) is 60.4 cm³/mol. The summed E-state index contributed by atoms with van der Waals surface area (Å²) in [6.45, 7) is 0. The molecule has 2 aromatic carbocycles. The van der Waals surface area contributed by atoms with Crippen LogP contribution in [0.15, 0.2) is 48.5 Å². The smallest absolute Gasteiger partial charge is 0.0859 e. The summed E-state index contributed by atoms with van der Waals surface area (Å²) in [4.78, 5) is 0. The Hall–Kier alpha value is -1.38. The van der Waals surface area contributed by atoms with Crippen molar-refractivity contribution in [3.05, 3.63) is 48.5 Å². The maximum absolute atomic E-state index is 4.52.